The predicted molar refractivity (Wildman–Crippen MR) is 60.2 cm³/mol. The molecule has 1 aliphatic rings. The Labute approximate surface area is 103 Å². The van der Waals surface area contributed by atoms with Crippen LogP contribution in [0, 0.1) is 5.92 Å². The number of ether oxygens (including phenoxy) is 1. The SMILES string of the molecule is CC(O)(Cc1ccc(OC(F)(F)F)cc1)C1CC1. The van der Waals surface area contributed by atoms with Crippen LogP contribution in [0.25, 0.3) is 0 Å². The van der Waals surface area contributed by atoms with Crippen LogP contribution in [0.4, 0.5) is 13.2 Å². The molecule has 2 rings (SSSR count). The van der Waals surface area contributed by atoms with E-state index in [1.165, 1.54) is 12.1 Å². The molecule has 1 saturated carbocycles. The summed E-state index contributed by atoms with van der Waals surface area (Å²) in [5.41, 5.74) is 0.0354. The first kappa shape index (κ1) is 13.2. The lowest BCUT2D eigenvalue weighted by molar-refractivity contribution is -0.274. The molecule has 1 aromatic rings. The van der Waals surface area contributed by atoms with Gasteiger partial charge in [-0.05, 0) is 43.4 Å². The van der Waals surface area contributed by atoms with Gasteiger partial charge in [-0.15, -0.1) is 13.2 Å². The van der Waals surface area contributed by atoms with E-state index in [4.69, 9.17) is 0 Å². The molecule has 0 heterocycles. The average Bonchev–Trinajstić information content (AvgIpc) is 3.01. The molecule has 0 amide bonds. The third-order valence-electron chi connectivity index (χ3n) is 3.18. The summed E-state index contributed by atoms with van der Waals surface area (Å²) in [6.45, 7) is 1.77. The summed E-state index contributed by atoms with van der Waals surface area (Å²) in [7, 11) is 0. The van der Waals surface area contributed by atoms with Crippen LogP contribution in [0.3, 0.4) is 0 Å². The zero-order valence-corrected chi connectivity index (χ0v) is 10.00. The van der Waals surface area contributed by atoms with Crippen molar-refractivity contribution in [2.24, 2.45) is 5.92 Å². The zero-order chi connectivity index (χ0) is 13.4. The van der Waals surface area contributed by atoms with E-state index in [9.17, 15) is 18.3 Å². The molecule has 5 heteroatoms. The van der Waals surface area contributed by atoms with Gasteiger partial charge in [0, 0.05) is 6.42 Å². The second kappa shape index (κ2) is 4.46. The minimum Gasteiger partial charge on any atom is -0.406 e. The molecule has 0 saturated heterocycles. The van der Waals surface area contributed by atoms with E-state index in [2.05, 4.69) is 4.74 Å². The van der Waals surface area contributed by atoms with Crippen LogP contribution < -0.4 is 4.74 Å². The van der Waals surface area contributed by atoms with Gasteiger partial charge < -0.3 is 9.84 Å². The standard InChI is InChI=1S/C13H15F3O2/c1-12(17,10-4-5-10)8-9-2-6-11(7-3-9)18-13(14,15)16/h2-3,6-7,10,17H,4-5,8H2,1H3. The Bertz CT molecular complexity index is 405. The zero-order valence-electron chi connectivity index (χ0n) is 10.00. The minimum atomic E-state index is -4.67. The van der Waals surface area contributed by atoms with E-state index in [-0.39, 0.29) is 5.75 Å². The van der Waals surface area contributed by atoms with Crippen LogP contribution in [0.2, 0.25) is 0 Å². The second-order valence-corrected chi connectivity index (χ2v) is 5.00. The summed E-state index contributed by atoms with van der Waals surface area (Å²) in [5, 5.41) is 10.2. The van der Waals surface area contributed by atoms with Crippen molar-refractivity contribution in [2.45, 2.75) is 38.1 Å². The Kier molecular flexibility index (Phi) is 3.27. The Morgan fingerprint density at radius 3 is 2.22 bits per heavy atom. The quantitative estimate of drug-likeness (QED) is 0.900. The summed E-state index contributed by atoms with van der Waals surface area (Å²) in [6.07, 6.45) is -2.18. The van der Waals surface area contributed by atoms with Crippen LogP contribution in [-0.2, 0) is 6.42 Å². The molecule has 0 aliphatic heterocycles. The molecule has 18 heavy (non-hydrogen) atoms. The molecule has 1 atom stereocenters. The molecule has 0 radical (unpaired) electrons. The van der Waals surface area contributed by atoms with Gasteiger partial charge in [0.1, 0.15) is 5.75 Å². The molecule has 0 bridgehead atoms. The number of hydrogen-bond donors (Lipinski definition) is 1. The number of benzene rings is 1. The molecule has 100 valence electrons. The van der Waals surface area contributed by atoms with Gasteiger partial charge in [-0.25, -0.2) is 0 Å². The Balaban J connectivity index is 1.99. The van der Waals surface area contributed by atoms with Gasteiger partial charge in [0.05, 0.1) is 5.60 Å². The number of aliphatic hydroxyl groups is 1. The summed E-state index contributed by atoms with van der Waals surface area (Å²) in [5.74, 6) is 0.0703. The van der Waals surface area contributed by atoms with Crippen LogP contribution in [0.5, 0.6) is 5.75 Å². The smallest absolute Gasteiger partial charge is 0.406 e. The fourth-order valence-corrected chi connectivity index (χ4v) is 2.07. The van der Waals surface area contributed by atoms with Gasteiger partial charge >= 0.3 is 6.36 Å². The monoisotopic (exact) mass is 260 g/mol. The Morgan fingerprint density at radius 2 is 1.78 bits per heavy atom. The van der Waals surface area contributed by atoms with E-state index in [1.54, 1.807) is 19.1 Å². The van der Waals surface area contributed by atoms with Gasteiger partial charge in [-0.3, -0.25) is 0 Å². The van der Waals surface area contributed by atoms with E-state index >= 15 is 0 Å². The van der Waals surface area contributed by atoms with Crippen LogP contribution >= 0.6 is 0 Å². The van der Waals surface area contributed by atoms with Crippen molar-refractivity contribution in [3.63, 3.8) is 0 Å². The van der Waals surface area contributed by atoms with Crippen molar-refractivity contribution in [2.75, 3.05) is 0 Å². The van der Waals surface area contributed by atoms with Crippen molar-refractivity contribution in [1.82, 2.24) is 0 Å². The average molecular weight is 260 g/mol. The fraction of sp³-hybridized carbons (Fsp3) is 0.538. The van der Waals surface area contributed by atoms with Gasteiger partial charge in [0.25, 0.3) is 0 Å². The predicted octanol–water partition coefficient (Wildman–Crippen LogP) is 3.29. The first-order valence-electron chi connectivity index (χ1n) is 5.83. The summed E-state index contributed by atoms with van der Waals surface area (Å²) in [6, 6.07) is 5.65. The first-order valence-corrected chi connectivity index (χ1v) is 5.83. The van der Waals surface area contributed by atoms with Crippen molar-refractivity contribution in [3.05, 3.63) is 29.8 Å². The molecular formula is C13H15F3O2. The van der Waals surface area contributed by atoms with Gasteiger partial charge in [0.2, 0.25) is 0 Å². The lowest BCUT2D eigenvalue weighted by Crippen LogP contribution is -2.29. The largest absolute Gasteiger partial charge is 0.573 e. The number of halogens is 3. The third kappa shape index (κ3) is 3.63. The summed E-state index contributed by atoms with van der Waals surface area (Å²) < 4.78 is 39.7. The third-order valence-corrected chi connectivity index (χ3v) is 3.18. The molecule has 1 fully saturated rings. The van der Waals surface area contributed by atoms with E-state index in [0.717, 1.165) is 18.4 Å². The van der Waals surface area contributed by atoms with Crippen LogP contribution in [0.15, 0.2) is 24.3 Å². The maximum Gasteiger partial charge on any atom is 0.573 e. The lowest BCUT2D eigenvalue weighted by Gasteiger charge is -2.23. The van der Waals surface area contributed by atoms with Gasteiger partial charge in [0.15, 0.2) is 0 Å². The molecule has 1 aliphatic carbocycles. The highest BCUT2D eigenvalue weighted by Crippen LogP contribution is 2.41. The minimum absolute atomic E-state index is 0.239. The Morgan fingerprint density at radius 1 is 1.22 bits per heavy atom. The van der Waals surface area contributed by atoms with Crippen LogP contribution in [0.1, 0.15) is 25.3 Å². The number of hydrogen-bond acceptors (Lipinski definition) is 2. The highest BCUT2D eigenvalue weighted by atomic mass is 19.4. The molecule has 1 N–H and O–H groups in total. The molecule has 0 aromatic heterocycles. The maximum atomic E-state index is 12.0. The van der Waals surface area contributed by atoms with Crippen molar-refractivity contribution in [3.8, 4) is 5.75 Å². The van der Waals surface area contributed by atoms with Gasteiger partial charge in [-0.1, -0.05) is 12.1 Å². The van der Waals surface area contributed by atoms with Crippen molar-refractivity contribution in [1.29, 1.82) is 0 Å². The van der Waals surface area contributed by atoms with Crippen molar-refractivity contribution >= 4 is 0 Å². The van der Waals surface area contributed by atoms with Gasteiger partial charge in [-0.2, -0.15) is 0 Å². The number of alkyl halides is 3. The first-order chi connectivity index (χ1) is 8.26. The highest BCUT2D eigenvalue weighted by molar-refractivity contribution is 5.28. The fourth-order valence-electron chi connectivity index (χ4n) is 2.07. The van der Waals surface area contributed by atoms with E-state index < -0.39 is 12.0 Å². The topological polar surface area (TPSA) is 29.5 Å². The maximum absolute atomic E-state index is 12.0. The number of rotatable bonds is 4. The lowest BCUT2D eigenvalue weighted by atomic mass is 9.92. The van der Waals surface area contributed by atoms with E-state index in [1.807, 2.05) is 0 Å². The second-order valence-electron chi connectivity index (χ2n) is 5.00. The molecule has 1 aromatic carbocycles. The molecule has 1 unspecified atom stereocenters. The van der Waals surface area contributed by atoms with E-state index in [0.29, 0.717) is 12.3 Å². The molecular weight excluding hydrogens is 245 g/mol. The highest BCUT2D eigenvalue weighted by Gasteiger charge is 2.39. The van der Waals surface area contributed by atoms with Crippen LogP contribution in [-0.4, -0.2) is 17.1 Å². The molecule has 2 nitrogen and oxygen atoms in total. The Hall–Kier alpha value is -1.23. The summed E-state index contributed by atoms with van der Waals surface area (Å²) in [4.78, 5) is 0. The molecule has 0 spiro atoms. The normalized spacial score (nSPS) is 19.4. The summed E-state index contributed by atoms with van der Waals surface area (Å²) >= 11 is 0. The van der Waals surface area contributed by atoms with Crippen molar-refractivity contribution < 1.29 is 23.0 Å².